The van der Waals surface area contributed by atoms with Gasteiger partial charge in [0.2, 0.25) is 5.91 Å². The number of sulfone groups is 1. The minimum Gasteiger partial charge on any atom is -0.378 e. The average molecular weight is 574 g/mol. The third-order valence-electron chi connectivity index (χ3n) is 6.44. The summed E-state index contributed by atoms with van der Waals surface area (Å²) in [5, 5.41) is 1.70. The Hall–Kier alpha value is -1.21. The molecule has 32 heavy (non-hydrogen) atoms. The number of hydrogen-bond acceptors (Lipinski definition) is 7. The van der Waals surface area contributed by atoms with Gasteiger partial charge in [0.05, 0.1) is 29.6 Å². The van der Waals surface area contributed by atoms with E-state index in [9.17, 15) is 13.2 Å². The SMILES string of the molecule is CN1CCCC(CN(N)C2=C(C(I)C(=O)N3CCOCC3)CS(=O)(=O)c3ccccc32)C1. The summed E-state index contributed by atoms with van der Waals surface area (Å²) < 4.78 is 31.0. The third kappa shape index (κ3) is 4.98. The van der Waals surface area contributed by atoms with Crippen molar-refractivity contribution >= 4 is 44.0 Å². The van der Waals surface area contributed by atoms with Crippen LogP contribution in [0.25, 0.3) is 5.70 Å². The number of rotatable bonds is 5. The lowest BCUT2D eigenvalue weighted by atomic mass is 9.96. The van der Waals surface area contributed by atoms with Gasteiger partial charge in [-0.2, -0.15) is 0 Å². The van der Waals surface area contributed by atoms with Crippen LogP contribution in [0.4, 0.5) is 0 Å². The van der Waals surface area contributed by atoms with Crippen molar-refractivity contribution in [3.8, 4) is 0 Å². The van der Waals surface area contributed by atoms with Gasteiger partial charge in [0.25, 0.3) is 0 Å². The first-order valence-electron chi connectivity index (χ1n) is 11.0. The van der Waals surface area contributed by atoms with E-state index in [2.05, 4.69) is 34.5 Å². The number of morpholine rings is 1. The molecule has 1 aromatic carbocycles. The fourth-order valence-corrected chi connectivity index (χ4v) is 7.74. The summed E-state index contributed by atoms with van der Waals surface area (Å²) in [7, 11) is -1.44. The first-order valence-corrected chi connectivity index (χ1v) is 13.9. The number of alkyl halides is 1. The highest BCUT2D eigenvalue weighted by Gasteiger charge is 2.38. The van der Waals surface area contributed by atoms with Gasteiger partial charge in [0, 0.05) is 31.7 Å². The molecule has 3 heterocycles. The Morgan fingerprint density at radius 3 is 2.72 bits per heavy atom. The van der Waals surface area contributed by atoms with Gasteiger partial charge in [-0.3, -0.25) is 4.79 Å². The number of carbonyl (C=O) groups is 1. The molecule has 2 atom stereocenters. The van der Waals surface area contributed by atoms with Gasteiger partial charge in [-0.05, 0) is 44.0 Å². The first kappa shape index (κ1) is 23.9. The fourth-order valence-electron chi connectivity index (χ4n) is 4.87. The molecule has 0 bridgehead atoms. The van der Waals surface area contributed by atoms with E-state index in [1.807, 2.05) is 6.07 Å². The highest BCUT2D eigenvalue weighted by atomic mass is 127. The van der Waals surface area contributed by atoms with E-state index in [4.69, 9.17) is 10.6 Å². The number of hydrazine groups is 1. The van der Waals surface area contributed by atoms with Crippen LogP contribution in [0.2, 0.25) is 0 Å². The van der Waals surface area contributed by atoms with E-state index >= 15 is 0 Å². The number of halogens is 1. The molecule has 1 amide bonds. The molecule has 2 saturated heterocycles. The summed E-state index contributed by atoms with van der Waals surface area (Å²) in [4.78, 5) is 17.6. The van der Waals surface area contributed by atoms with E-state index in [1.165, 1.54) is 0 Å². The van der Waals surface area contributed by atoms with Crippen molar-refractivity contribution in [2.24, 2.45) is 11.8 Å². The van der Waals surface area contributed by atoms with E-state index in [0.29, 0.717) is 55.6 Å². The van der Waals surface area contributed by atoms with Crippen LogP contribution in [0.5, 0.6) is 0 Å². The molecule has 0 saturated carbocycles. The highest BCUT2D eigenvalue weighted by molar-refractivity contribution is 14.1. The molecule has 3 aliphatic rings. The van der Waals surface area contributed by atoms with Gasteiger partial charge in [0.15, 0.2) is 9.84 Å². The Balaban J connectivity index is 1.72. The van der Waals surface area contributed by atoms with Crippen molar-refractivity contribution in [3.63, 3.8) is 0 Å². The molecule has 2 N–H and O–H groups in total. The molecule has 10 heteroatoms. The Morgan fingerprint density at radius 1 is 1.28 bits per heavy atom. The summed E-state index contributed by atoms with van der Waals surface area (Å²) in [6, 6.07) is 6.99. The van der Waals surface area contributed by atoms with Crippen molar-refractivity contribution in [3.05, 3.63) is 35.4 Å². The zero-order chi connectivity index (χ0) is 22.9. The predicted molar refractivity (Wildman–Crippen MR) is 132 cm³/mol. The summed E-state index contributed by atoms with van der Waals surface area (Å²) in [5.74, 6) is 6.76. The molecule has 3 aliphatic heterocycles. The van der Waals surface area contributed by atoms with Gasteiger partial charge >= 0.3 is 0 Å². The Labute approximate surface area is 203 Å². The van der Waals surface area contributed by atoms with Crippen LogP contribution < -0.4 is 5.84 Å². The smallest absolute Gasteiger partial charge is 0.239 e. The lowest BCUT2D eigenvalue weighted by Gasteiger charge is -2.37. The Kier molecular flexibility index (Phi) is 7.45. The highest BCUT2D eigenvalue weighted by Crippen LogP contribution is 2.38. The largest absolute Gasteiger partial charge is 0.378 e. The maximum atomic E-state index is 13.3. The molecular formula is C22H31IN4O4S. The zero-order valence-corrected chi connectivity index (χ0v) is 21.3. The number of hydrogen-bond donors (Lipinski definition) is 1. The van der Waals surface area contributed by atoms with Gasteiger partial charge in [0.1, 0.15) is 3.92 Å². The molecule has 2 fully saturated rings. The van der Waals surface area contributed by atoms with Crippen molar-refractivity contribution in [2.75, 3.05) is 58.7 Å². The van der Waals surface area contributed by atoms with Crippen LogP contribution in [0.1, 0.15) is 18.4 Å². The standard InChI is InChI=1S/C22H31IN4O4S/c1-25-8-4-5-16(13-25)14-27(24)21-17-6-2-3-7-19(17)32(29,30)15-18(21)20(23)22(28)26-9-11-31-12-10-26/h2-3,6-7,16,20H,4-5,8-15,24H2,1H3. The molecule has 0 spiro atoms. The van der Waals surface area contributed by atoms with Crippen LogP contribution in [0.15, 0.2) is 34.7 Å². The molecule has 4 rings (SSSR count). The Bertz CT molecular complexity index is 993. The third-order valence-corrected chi connectivity index (χ3v) is 9.44. The van der Waals surface area contributed by atoms with Gasteiger partial charge < -0.3 is 19.5 Å². The van der Waals surface area contributed by atoms with Crippen molar-refractivity contribution in [2.45, 2.75) is 21.7 Å². The first-order chi connectivity index (χ1) is 15.3. The lowest BCUT2D eigenvalue weighted by Crippen LogP contribution is -2.47. The molecule has 1 aromatic rings. The number of nitrogens with two attached hydrogens (primary N) is 1. The molecule has 176 valence electrons. The number of carbonyl (C=O) groups excluding carboxylic acids is 1. The summed E-state index contributed by atoms with van der Waals surface area (Å²) in [5.41, 5.74) is 1.86. The maximum absolute atomic E-state index is 13.3. The minimum absolute atomic E-state index is 0.0817. The van der Waals surface area contributed by atoms with E-state index in [0.717, 1.165) is 25.9 Å². The summed E-state index contributed by atoms with van der Waals surface area (Å²) in [6.45, 7) is 4.69. The molecule has 0 aromatic heterocycles. The number of piperidine rings is 1. The van der Waals surface area contributed by atoms with Crippen molar-refractivity contribution in [1.29, 1.82) is 0 Å². The molecular weight excluding hydrogens is 543 g/mol. The molecule has 2 unspecified atom stereocenters. The second kappa shape index (κ2) is 9.96. The maximum Gasteiger partial charge on any atom is 0.239 e. The van der Waals surface area contributed by atoms with E-state index < -0.39 is 13.8 Å². The van der Waals surface area contributed by atoms with E-state index in [1.54, 1.807) is 28.1 Å². The predicted octanol–water partition coefficient (Wildman–Crippen LogP) is 1.36. The van der Waals surface area contributed by atoms with Gasteiger partial charge in [-0.1, -0.05) is 40.8 Å². The van der Waals surface area contributed by atoms with Gasteiger partial charge in [-0.25, -0.2) is 14.3 Å². The van der Waals surface area contributed by atoms with Crippen LogP contribution in [-0.2, 0) is 19.4 Å². The average Bonchev–Trinajstić information content (AvgIpc) is 2.78. The monoisotopic (exact) mass is 574 g/mol. The van der Waals surface area contributed by atoms with E-state index in [-0.39, 0.29) is 16.6 Å². The molecule has 0 radical (unpaired) electrons. The zero-order valence-electron chi connectivity index (χ0n) is 18.4. The minimum atomic E-state index is -3.56. The number of nitrogens with zero attached hydrogens (tertiary/aromatic N) is 3. The summed E-state index contributed by atoms with van der Waals surface area (Å²) in [6.07, 6.45) is 2.21. The topological polar surface area (TPSA) is 96.2 Å². The second-order valence-corrected chi connectivity index (χ2v) is 12.1. The van der Waals surface area contributed by atoms with Crippen LogP contribution in [-0.4, -0.2) is 91.8 Å². The normalized spacial score (nSPS) is 24.7. The molecule has 0 aliphatic carbocycles. The second-order valence-electron chi connectivity index (χ2n) is 8.85. The van der Waals surface area contributed by atoms with Crippen molar-refractivity contribution < 1.29 is 17.9 Å². The van der Waals surface area contributed by atoms with Crippen LogP contribution in [0.3, 0.4) is 0 Å². The van der Waals surface area contributed by atoms with Crippen LogP contribution in [0, 0.1) is 5.92 Å². The quantitative estimate of drug-likeness (QED) is 0.246. The van der Waals surface area contributed by atoms with Gasteiger partial charge in [-0.15, -0.1) is 0 Å². The Morgan fingerprint density at radius 2 is 2.00 bits per heavy atom. The number of amides is 1. The lowest BCUT2D eigenvalue weighted by molar-refractivity contribution is -0.133. The number of fused-ring (bicyclic) bond motifs is 1. The molecule has 8 nitrogen and oxygen atoms in total. The number of benzene rings is 1. The number of ether oxygens (including phenoxy) is 1. The number of likely N-dealkylation sites (tertiary alicyclic amines) is 1. The summed E-state index contributed by atoms with van der Waals surface area (Å²) >= 11 is 2.08. The fraction of sp³-hybridized carbons (Fsp3) is 0.591. The van der Waals surface area contributed by atoms with Crippen LogP contribution >= 0.6 is 22.6 Å². The van der Waals surface area contributed by atoms with Crippen molar-refractivity contribution in [1.82, 2.24) is 14.8 Å².